The number of nitrogens with one attached hydrogen (secondary N) is 1. The second kappa shape index (κ2) is 5.89. The number of hydrogen-bond acceptors (Lipinski definition) is 3. The second-order valence-electron chi connectivity index (χ2n) is 6.66. The van der Waals surface area contributed by atoms with Crippen molar-refractivity contribution in [3.8, 4) is 0 Å². The summed E-state index contributed by atoms with van der Waals surface area (Å²) in [7, 11) is 0. The van der Waals surface area contributed by atoms with E-state index in [4.69, 9.17) is 0 Å². The summed E-state index contributed by atoms with van der Waals surface area (Å²) in [5.41, 5.74) is 0. The van der Waals surface area contributed by atoms with Crippen molar-refractivity contribution < 1.29 is 5.11 Å². The van der Waals surface area contributed by atoms with Crippen molar-refractivity contribution in [2.24, 2.45) is 17.8 Å². The fraction of sp³-hybridized carbons (Fsp3) is 1.00. The van der Waals surface area contributed by atoms with Gasteiger partial charge in [0, 0.05) is 13.1 Å². The van der Waals surface area contributed by atoms with E-state index in [2.05, 4.69) is 10.2 Å². The number of rotatable bonds is 8. The van der Waals surface area contributed by atoms with E-state index in [0.717, 1.165) is 37.4 Å². The number of likely N-dealkylation sites (tertiary alicyclic amines) is 1. The number of hydrogen-bond donors (Lipinski definition) is 2. The lowest BCUT2D eigenvalue weighted by molar-refractivity contribution is 0.121. The van der Waals surface area contributed by atoms with E-state index in [0.29, 0.717) is 0 Å². The predicted octanol–water partition coefficient (Wildman–Crippen LogP) is 1.47. The molecule has 0 bridgehead atoms. The molecule has 3 nitrogen and oxygen atoms in total. The normalized spacial score (nSPS) is 27.0. The Morgan fingerprint density at radius 1 is 1.00 bits per heavy atom. The van der Waals surface area contributed by atoms with E-state index < -0.39 is 0 Å². The smallest absolute Gasteiger partial charge is 0.0791 e. The third-order valence-corrected chi connectivity index (χ3v) is 4.88. The van der Waals surface area contributed by atoms with Crippen LogP contribution in [0.2, 0.25) is 0 Å². The molecule has 0 spiro atoms. The molecule has 1 saturated heterocycles. The van der Waals surface area contributed by atoms with Crippen molar-refractivity contribution in [1.29, 1.82) is 0 Å². The highest BCUT2D eigenvalue weighted by Crippen LogP contribution is 2.48. The van der Waals surface area contributed by atoms with Gasteiger partial charge in [0.2, 0.25) is 0 Å². The Morgan fingerprint density at radius 2 is 1.61 bits per heavy atom. The standard InChI is InChI=1S/C15H28N2O/c18-14(11-17-7-1-2-8-17)9-16-10-15(12-3-4-12)13-5-6-13/h12-16,18H,1-11H2. The third kappa shape index (κ3) is 3.69. The molecule has 18 heavy (non-hydrogen) atoms. The van der Waals surface area contributed by atoms with E-state index in [1.54, 1.807) is 0 Å². The largest absolute Gasteiger partial charge is 0.390 e. The molecule has 104 valence electrons. The second-order valence-corrected chi connectivity index (χ2v) is 6.66. The average molecular weight is 252 g/mol. The minimum absolute atomic E-state index is 0.179. The van der Waals surface area contributed by atoms with Gasteiger partial charge in [-0.1, -0.05) is 0 Å². The van der Waals surface area contributed by atoms with Crippen LogP contribution in [0.5, 0.6) is 0 Å². The Kier molecular flexibility index (Phi) is 4.22. The topological polar surface area (TPSA) is 35.5 Å². The molecule has 0 amide bonds. The van der Waals surface area contributed by atoms with E-state index in [-0.39, 0.29) is 6.10 Å². The third-order valence-electron chi connectivity index (χ3n) is 4.88. The Morgan fingerprint density at radius 3 is 2.17 bits per heavy atom. The van der Waals surface area contributed by atoms with Crippen LogP contribution in [0.3, 0.4) is 0 Å². The molecule has 2 N–H and O–H groups in total. The van der Waals surface area contributed by atoms with Gasteiger partial charge >= 0.3 is 0 Å². The molecule has 0 aromatic rings. The van der Waals surface area contributed by atoms with Gasteiger partial charge in [0.05, 0.1) is 6.10 Å². The minimum atomic E-state index is -0.179. The molecule has 0 aromatic heterocycles. The zero-order valence-electron chi connectivity index (χ0n) is 11.5. The van der Waals surface area contributed by atoms with Gasteiger partial charge in [-0.15, -0.1) is 0 Å². The van der Waals surface area contributed by atoms with Crippen molar-refractivity contribution in [3.63, 3.8) is 0 Å². The fourth-order valence-corrected chi connectivity index (χ4v) is 3.51. The molecular formula is C15H28N2O. The van der Waals surface area contributed by atoms with Crippen molar-refractivity contribution in [2.45, 2.75) is 44.6 Å². The van der Waals surface area contributed by atoms with Crippen LogP contribution in [0.25, 0.3) is 0 Å². The molecule has 3 heteroatoms. The Bertz CT molecular complexity index is 245. The zero-order chi connectivity index (χ0) is 12.4. The van der Waals surface area contributed by atoms with Crippen molar-refractivity contribution >= 4 is 0 Å². The first kappa shape index (κ1) is 12.9. The van der Waals surface area contributed by atoms with E-state index >= 15 is 0 Å². The highest BCUT2D eigenvalue weighted by molar-refractivity contribution is 4.92. The maximum absolute atomic E-state index is 10.0. The molecule has 1 aliphatic heterocycles. The van der Waals surface area contributed by atoms with Crippen LogP contribution >= 0.6 is 0 Å². The lowest BCUT2D eigenvalue weighted by Crippen LogP contribution is -2.39. The summed E-state index contributed by atoms with van der Waals surface area (Å²) >= 11 is 0. The van der Waals surface area contributed by atoms with Crippen LogP contribution in [0.15, 0.2) is 0 Å². The molecule has 1 unspecified atom stereocenters. The molecule has 0 aromatic carbocycles. The van der Waals surface area contributed by atoms with Crippen molar-refractivity contribution in [3.05, 3.63) is 0 Å². The number of β-amino-alcohol motifs (C(OH)–C–C–N with tert-alkyl or cyclic N) is 1. The van der Waals surface area contributed by atoms with Gasteiger partial charge in [-0.3, -0.25) is 0 Å². The van der Waals surface area contributed by atoms with Gasteiger partial charge in [-0.05, 0) is 75.9 Å². The summed E-state index contributed by atoms with van der Waals surface area (Å²) in [4.78, 5) is 2.39. The van der Waals surface area contributed by atoms with Gasteiger partial charge < -0.3 is 15.3 Å². The van der Waals surface area contributed by atoms with Gasteiger partial charge in [0.1, 0.15) is 0 Å². The summed E-state index contributed by atoms with van der Waals surface area (Å²) in [6, 6.07) is 0. The van der Waals surface area contributed by atoms with Gasteiger partial charge in [-0.25, -0.2) is 0 Å². The van der Waals surface area contributed by atoms with E-state index in [1.165, 1.54) is 51.6 Å². The van der Waals surface area contributed by atoms with Crippen LogP contribution < -0.4 is 5.32 Å². The number of aliphatic hydroxyl groups is 1. The first-order chi connectivity index (χ1) is 8.83. The lowest BCUT2D eigenvalue weighted by Gasteiger charge is -2.21. The van der Waals surface area contributed by atoms with Crippen LogP contribution in [-0.4, -0.2) is 48.8 Å². The lowest BCUT2D eigenvalue weighted by atomic mass is 9.98. The molecule has 1 heterocycles. The van der Waals surface area contributed by atoms with Crippen LogP contribution in [-0.2, 0) is 0 Å². The maximum atomic E-state index is 10.0. The molecule has 3 aliphatic rings. The minimum Gasteiger partial charge on any atom is -0.390 e. The number of nitrogens with zero attached hydrogens (tertiary/aromatic N) is 1. The molecule has 1 atom stereocenters. The highest BCUT2D eigenvalue weighted by atomic mass is 16.3. The predicted molar refractivity (Wildman–Crippen MR) is 73.5 cm³/mol. The zero-order valence-corrected chi connectivity index (χ0v) is 11.5. The average Bonchev–Trinajstić information content (AvgIpc) is 3.27. The molecule has 2 aliphatic carbocycles. The molecule has 3 rings (SSSR count). The van der Waals surface area contributed by atoms with Gasteiger partial charge in [0.15, 0.2) is 0 Å². The summed E-state index contributed by atoms with van der Waals surface area (Å²) in [5.74, 6) is 2.95. The summed E-state index contributed by atoms with van der Waals surface area (Å²) in [6.07, 6.45) is 8.27. The summed E-state index contributed by atoms with van der Waals surface area (Å²) in [5, 5.41) is 13.6. The van der Waals surface area contributed by atoms with Crippen molar-refractivity contribution in [1.82, 2.24) is 10.2 Å². The molecular weight excluding hydrogens is 224 g/mol. The summed E-state index contributed by atoms with van der Waals surface area (Å²) < 4.78 is 0. The molecule has 0 radical (unpaired) electrons. The van der Waals surface area contributed by atoms with Gasteiger partial charge in [0.25, 0.3) is 0 Å². The fourth-order valence-electron chi connectivity index (χ4n) is 3.51. The van der Waals surface area contributed by atoms with E-state index in [1.807, 2.05) is 0 Å². The molecule has 2 saturated carbocycles. The first-order valence-electron chi connectivity index (χ1n) is 7.94. The highest BCUT2D eigenvalue weighted by Gasteiger charge is 2.40. The van der Waals surface area contributed by atoms with Crippen molar-refractivity contribution in [2.75, 3.05) is 32.7 Å². The van der Waals surface area contributed by atoms with Crippen LogP contribution in [0.1, 0.15) is 38.5 Å². The van der Waals surface area contributed by atoms with Crippen LogP contribution in [0, 0.1) is 17.8 Å². The maximum Gasteiger partial charge on any atom is 0.0791 e. The SMILES string of the molecule is OC(CNCC(C1CC1)C1CC1)CN1CCCC1. The van der Waals surface area contributed by atoms with Crippen LogP contribution in [0.4, 0.5) is 0 Å². The quantitative estimate of drug-likeness (QED) is 0.687. The van der Waals surface area contributed by atoms with Gasteiger partial charge in [-0.2, -0.15) is 0 Å². The van der Waals surface area contributed by atoms with E-state index in [9.17, 15) is 5.11 Å². The first-order valence-corrected chi connectivity index (χ1v) is 7.94. The Balaban J connectivity index is 1.30. The number of aliphatic hydroxyl groups excluding tert-OH is 1. The Labute approximate surface area is 111 Å². The summed E-state index contributed by atoms with van der Waals surface area (Å²) in [6.45, 7) is 5.16. The molecule has 3 fully saturated rings. The monoisotopic (exact) mass is 252 g/mol. The Hall–Kier alpha value is -0.120.